The van der Waals surface area contributed by atoms with Gasteiger partial charge in [0.2, 0.25) is 0 Å². The summed E-state index contributed by atoms with van der Waals surface area (Å²) in [7, 11) is 2.11. The summed E-state index contributed by atoms with van der Waals surface area (Å²) in [6, 6.07) is 2.41. The van der Waals surface area contributed by atoms with E-state index in [1.807, 2.05) is 0 Å². The minimum absolute atomic E-state index is 0.754. The van der Waals surface area contributed by atoms with Gasteiger partial charge < -0.3 is 5.32 Å². The van der Waals surface area contributed by atoms with E-state index in [0.29, 0.717) is 0 Å². The minimum atomic E-state index is 0.754. The summed E-state index contributed by atoms with van der Waals surface area (Å²) < 4.78 is 0. The van der Waals surface area contributed by atoms with Crippen molar-refractivity contribution in [1.29, 1.82) is 0 Å². The van der Waals surface area contributed by atoms with E-state index in [0.717, 1.165) is 23.4 Å². The Bertz CT molecular complexity index is 226. The lowest BCUT2D eigenvalue weighted by atomic mass is 9.89. The number of nitrogens with zero attached hydrogens (tertiary/aromatic N) is 1. The fraction of sp³-hybridized carbons (Fsp3) is 1.00. The zero-order chi connectivity index (χ0) is 12.3. The van der Waals surface area contributed by atoms with E-state index in [-0.39, 0.29) is 0 Å². The second kappa shape index (κ2) is 6.44. The molecule has 3 heteroatoms. The van der Waals surface area contributed by atoms with Crippen LogP contribution in [0.25, 0.3) is 0 Å². The van der Waals surface area contributed by atoms with Gasteiger partial charge in [-0.3, -0.25) is 4.90 Å². The molecule has 1 heterocycles. The van der Waals surface area contributed by atoms with E-state index in [9.17, 15) is 0 Å². The molecule has 0 spiro atoms. The SMILES string of the molecule is CNC1CCN(C2CCC(SC)CC2)C(C)C1. The summed E-state index contributed by atoms with van der Waals surface area (Å²) in [6.07, 6.45) is 10.7. The minimum Gasteiger partial charge on any atom is -0.317 e. The van der Waals surface area contributed by atoms with Crippen LogP contribution in [0.3, 0.4) is 0 Å². The van der Waals surface area contributed by atoms with Gasteiger partial charge in [-0.25, -0.2) is 0 Å². The third kappa shape index (κ3) is 3.39. The van der Waals surface area contributed by atoms with E-state index < -0.39 is 0 Å². The van der Waals surface area contributed by atoms with Crippen molar-refractivity contribution in [1.82, 2.24) is 10.2 Å². The second-order valence-electron chi connectivity index (χ2n) is 5.76. The van der Waals surface area contributed by atoms with Crippen LogP contribution < -0.4 is 5.32 Å². The number of hydrogen-bond donors (Lipinski definition) is 1. The molecular weight excluding hydrogens is 228 g/mol. The van der Waals surface area contributed by atoms with Crippen molar-refractivity contribution < 1.29 is 0 Å². The van der Waals surface area contributed by atoms with Crippen molar-refractivity contribution in [3.63, 3.8) is 0 Å². The molecule has 1 aliphatic carbocycles. The Kier molecular flexibility index (Phi) is 5.19. The Morgan fingerprint density at radius 2 is 1.82 bits per heavy atom. The number of hydrogen-bond acceptors (Lipinski definition) is 3. The van der Waals surface area contributed by atoms with Crippen molar-refractivity contribution in [3.8, 4) is 0 Å². The molecule has 100 valence electrons. The molecule has 2 nitrogen and oxygen atoms in total. The molecule has 1 aliphatic heterocycles. The molecular formula is C14H28N2S. The summed E-state index contributed by atoms with van der Waals surface area (Å²) >= 11 is 2.07. The zero-order valence-corrected chi connectivity index (χ0v) is 12.4. The first-order valence-corrected chi connectivity index (χ1v) is 8.49. The van der Waals surface area contributed by atoms with E-state index in [4.69, 9.17) is 0 Å². The standard InChI is InChI=1S/C14H28N2S/c1-11-10-12(15-2)8-9-16(11)13-4-6-14(17-3)7-5-13/h11-15H,4-10H2,1-3H3. The van der Waals surface area contributed by atoms with Gasteiger partial charge in [0, 0.05) is 29.9 Å². The van der Waals surface area contributed by atoms with Crippen LogP contribution in [0.2, 0.25) is 0 Å². The molecule has 2 fully saturated rings. The van der Waals surface area contributed by atoms with Gasteiger partial charge >= 0.3 is 0 Å². The third-order valence-electron chi connectivity index (χ3n) is 4.78. The van der Waals surface area contributed by atoms with E-state index in [1.165, 1.54) is 45.1 Å². The molecule has 17 heavy (non-hydrogen) atoms. The summed E-state index contributed by atoms with van der Waals surface area (Å²) in [4.78, 5) is 2.80. The fourth-order valence-corrected chi connectivity index (χ4v) is 4.35. The van der Waals surface area contributed by atoms with Gasteiger partial charge in [-0.15, -0.1) is 0 Å². The fourth-order valence-electron chi connectivity index (χ4n) is 3.61. The Hall–Kier alpha value is 0.270. The number of piperidine rings is 1. The van der Waals surface area contributed by atoms with Crippen LogP contribution in [0.4, 0.5) is 0 Å². The Labute approximate surface area is 111 Å². The first-order valence-electron chi connectivity index (χ1n) is 7.20. The lowest BCUT2D eigenvalue weighted by Gasteiger charge is -2.44. The van der Waals surface area contributed by atoms with Gasteiger partial charge in [-0.2, -0.15) is 11.8 Å². The summed E-state index contributed by atoms with van der Waals surface area (Å²) in [6.45, 7) is 3.73. The molecule has 2 atom stereocenters. The highest BCUT2D eigenvalue weighted by molar-refractivity contribution is 7.99. The second-order valence-corrected chi connectivity index (χ2v) is 6.90. The van der Waals surface area contributed by atoms with Crippen LogP contribution in [-0.4, -0.2) is 48.1 Å². The summed E-state index contributed by atoms with van der Waals surface area (Å²) in [5.74, 6) is 0. The van der Waals surface area contributed by atoms with Crippen molar-refractivity contribution in [2.45, 2.75) is 68.8 Å². The summed E-state index contributed by atoms with van der Waals surface area (Å²) in [5.41, 5.74) is 0. The Morgan fingerprint density at radius 3 is 2.35 bits per heavy atom. The van der Waals surface area contributed by atoms with Gasteiger partial charge in [-0.05, 0) is 58.8 Å². The smallest absolute Gasteiger partial charge is 0.00988 e. The van der Waals surface area contributed by atoms with Crippen molar-refractivity contribution in [3.05, 3.63) is 0 Å². The normalized spacial score (nSPS) is 40.4. The Balaban J connectivity index is 1.83. The first kappa shape index (κ1) is 13.7. The van der Waals surface area contributed by atoms with Gasteiger partial charge in [0.05, 0.1) is 0 Å². The molecule has 1 saturated heterocycles. The van der Waals surface area contributed by atoms with E-state index in [1.54, 1.807) is 0 Å². The molecule has 0 amide bonds. The van der Waals surface area contributed by atoms with Gasteiger partial charge in [-0.1, -0.05) is 0 Å². The number of nitrogens with one attached hydrogen (secondary N) is 1. The van der Waals surface area contributed by atoms with Crippen LogP contribution in [-0.2, 0) is 0 Å². The maximum Gasteiger partial charge on any atom is 0.00988 e. The van der Waals surface area contributed by atoms with Crippen molar-refractivity contribution >= 4 is 11.8 Å². The third-order valence-corrected chi connectivity index (χ3v) is 5.92. The lowest BCUT2D eigenvalue weighted by Crippen LogP contribution is -2.51. The molecule has 1 saturated carbocycles. The lowest BCUT2D eigenvalue weighted by molar-refractivity contribution is 0.0701. The zero-order valence-electron chi connectivity index (χ0n) is 11.6. The van der Waals surface area contributed by atoms with Gasteiger partial charge in [0.1, 0.15) is 0 Å². The molecule has 0 aromatic rings. The highest BCUT2D eigenvalue weighted by Crippen LogP contribution is 2.32. The van der Waals surface area contributed by atoms with Crippen LogP contribution in [0.1, 0.15) is 45.4 Å². The molecule has 0 radical (unpaired) electrons. The summed E-state index contributed by atoms with van der Waals surface area (Å²) in [5, 5.41) is 4.39. The molecule has 1 N–H and O–H groups in total. The molecule has 2 rings (SSSR count). The highest BCUT2D eigenvalue weighted by atomic mass is 32.2. The topological polar surface area (TPSA) is 15.3 Å². The molecule has 0 aromatic carbocycles. The molecule has 2 aliphatic rings. The van der Waals surface area contributed by atoms with E-state index >= 15 is 0 Å². The quantitative estimate of drug-likeness (QED) is 0.836. The van der Waals surface area contributed by atoms with Crippen LogP contribution in [0, 0.1) is 0 Å². The molecule has 0 bridgehead atoms. The maximum atomic E-state index is 3.44. The van der Waals surface area contributed by atoms with E-state index in [2.05, 4.69) is 42.2 Å². The van der Waals surface area contributed by atoms with Crippen molar-refractivity contribution in [2.75, 3.05) is 19.8 Å². The maximum absolute atomic E-state index is 3.44. The molecule has 2 unspecified atom stereocenters. The van der Waals surface area contributed by atoms with Crippen LogP contribution in [0.5, 0.6) is 0 Å². The van der Waals surface area contributed by atoms with Crippen molar-refractivity contribution in [2.24, 2.45) is 0 Å². The van der Waals surface area contributed by atoms with Gasteiger partial charge in [0.15, 0.2) is 0 Å². The predicted octanol–water partition coefficient (Wildman–Crippen LogP) is 2.73. The molecule has 0 aromatic heterocycles. The Morgan fingerprint density at radius 1 is 1.12 bits per heavy atom. The number of likely N-dealkylation sites (tertiary alicyclic amines) is 1. The average Bonchev–Trinajstić information content (AvgIpc) is 2.39. The monoisotopic (exact) mass is 256 g/mol. The first-order chi connectivity index (χ1) is 8.24. The highest BCUT2D eigenvalue weighted by Gasteiger charge is 2.32. The van der Waals surface area contributed by atoms with Crippen LogP contribution in [0.15, 0.2) is 0 Å². The van der Waals surface area contributed by atoms with Gasteiger partial charge in [0.25, 0.3) is 0 Å². The average molecular weight is 256 g/mol. The predicted molar refractivity (Wildman–Crippen MR) is 77.8 cm³/mol. The number of thioether (sulfide) groups is 1. The largest absolute Gasteiger partial charge is 0.317 e. The number of rotatable bonds is 3. The van der Waals surface area contributed by atoms with Crippen LogP contribution >= 0.6 is 11.8 Å².